The number of hydrogen-bond acceptors (Lipinski definition) is 3. The molecule has 1 aliphatic carbocycles. The predicted molar refractivity (Wildman–Crippen MR) is 96.1 cm³/mol. The van der Waals surface area contributed by atoms with Crippen molar-refractivity contribution < 1.29 is 4.79 Å². The number of benzene rings is 1. The average molecular weight is 327 g/mol. The van der Waals surface area contributed by atoms with Crippen LogP contribution in [0.15, 0.2) is 30.3 Å². The smallest absolute Gasteiger partial charge is 0.253 e. The Kier molecular flexibility index (Phi) is 4.13. The normalized spacial score (nSPS) is 27.8. The molecule has 1 aromatic carbocycles. The van der Waals surface area contributed by atoms with Crippen LogP contribution in [0, 0.1) is 5.92 Å². The van der Waals surface area contributed by atoms with Gasteiger partial charge in [0.2, 0.25) is 0 Å². The van der Waals surface area contributed by atoms with Crippen molar-refractivity contribution in [2.45, 2.75) is 38.3 Å². The lowest BCUT2D eigenvalue weighted by Crippen LogP contribution is -2.70. The van der Waals surface area contributed by atoms with E-state index in [2.05, 4.69) is 28.5 Å². The van der Waals surface area contributed by atoms with Crippen LogP contribution < -0.4 is 0 Å². The zero-order chi connectivity index (χ0) is 16.7. The van der Waals surface area contributed by atoms with Crippen molar-refractivity contribution in [1.82, 2.24) is 14.7 Å². The SMILES string of the molecule is CC1(C)CN(C(=O)c2ccccc2)CC2CN(CC3CC3)CCN21. The first-order valence-electron chi connectivity index (χ1n) is 9.36. The van der Waals surface area contributed by atoms with E-state index in [-0.39, 0.29) is 11.4 Å². The molecule has 2 saturated heterocycles. The first kappa shape index (κ1) is 16.1. The van der Waals surface area contributed by atoms with Crippen LogP contribution in [0.3, 0.4) is 0 Å². The van der Waals surface area contributed by atoms with E-state index in [4.69, 9.17) is 0 Å². The maximum atomic E-state index is 12.9. The third-order valence-corrected chi connectivity index (χ3v) is 5.87. The van der Waals surface area contributed by atoms with Crippen LogP contribution >= 0.6 is 0 Å². The fourth-order valence-electron chi connectivity index (χ4n) is 4.50. The van der Waals surface area contributed by atoms with Crippen LogP contribution in [0.1, 0.15) is 37.0 Å². The molecule has 1 saturated carbocycles. The molecule has 0 N–H and O–H groups in total. The maximum absolute atomic E-state index is 12.9. The van der Waals surface area contributed by atoms with Gasteiger partial charge in [0.15, 0.2) is 0 Å². The Morgan fingerprint density at radius 3 is 2.58 bits per heavy atom. The zero-order valence-electron chi connectivity index (χ0n) is 14.9. The van der Waals surface area contributed by atoms with Gasteiger partial charge in [-0.15, -0.1) is 0 Å². The minimum absolute atomic E-state index is 0.0546. The highest BCUT2D eigenvalue weighted by Crippen LogP contribution is 2.33. The van der Waals surface area contributed by atoms with Gasteiger partial charge >= 0.3 is 0 Å². The summed E-state index contributed by atoms with van der Waals surface area (Å²) in [7, 11) is 0. The molecule has 24 heavy (non-hydrogen) atoms. The van der Waals surface area contributed by atoms with Crippen molar-refractivity contribution in [3.8, 4) is 0 Å². The van der Waals surface area contributed by atoms with E-state index in [1.807, 2.05) is 30.3 Å². The fourth-order valence-corrected chi connectivity index (χ4v) is 4.50. The summed E-state index contributed by atoms with van der Waals surface area (Å²) >= 11 is 0. The quantitative estimate of drug-likeness (QED) is 0.852. The van der Waals surface area contributed by atoms with Crippen LogP contribution in [0.5, 0.6) is 0 Å². The van der Waals surface area contributed by atoms with Gasteiger partial charge in [-0.3, -0.25) is 9.69 Å². The van der Waals surface area contributed by atoms with Gasteiger partial charge in [0.05, 0.1) is 0 Å². The number of piperazine rings is 2. The number of nitrogens with zero attached hydrogens (tertiary/aromatic N) is 3. The summed E-state index contributed by atoms with van der Waals surface area (Å²) in [5.74, 6) is 1.12. The number of carbonyl (C=O) groups is 1. The lowest BCUT2D eigenvalue weighted by Gasteiger charge is -2.55. The molecule has 1 unspecified atom stereocenters. The Balaban J connectivity index is 1.48. The van der Waals surface area contributed by atoms with Crippen LogP contribution in [0.4, 0.5) is 0 Å². The molecule has 4 heteroatoms. The van der Waals surface area contributed by atoms with Crippen molar-refractivity contribution in [3.05, 3.63) is 35.9 Å². The highest BCUT2D eigenvalue weighted by atomic mass is 16.2. The Morgan fingerprint density at radius 2 is 1.88 bits per heavy atom. The molecular weight excluding hydrogens is 298 g/mol. The van der Waals surface area contributed by atoms with Crippen LogP contribution in [-0.2, 0) is 0 Å². The van der Waals surface area contributed by atoms with Crippen molar-refractivity contribution in [2.75, 3.05) is 39.3 Å². The number of rotatable bonds is 3. The highest BCUT2D eigenvalue weighted by Gasteiger charge is 2.44. The van der Waals surface area contributed by atoms with Gasteiger partial charge in [-0.25, -0.2) is 0 Å². The minimum atomic E-state index is 0.0546. The third-order valence-electron chi connectivity index (χ3n) is 5.87. The summed E-state index contributed by atoms with van der Waals surface area (Å²) in [6.07, 6.45) is 2.82. The van der Waals surface area contributed by atoms with E-state index in [9.17, 15) is 4.79 Å². The van der Waals surface area contributed by atoms with Crippen molar-refractivity contribution >= 4 is 5.91 Å². The second-order valence-electron chi connectivity index (χ2n) is 8.41. The third kappa shape index (κ3) is 3.22. The topological polar surface area (TPSA) is 26.8 Å². The Bertz CT molecular complexity index is 596. The monoisotopic (exact) mass is 327 g/mol. The Morgan fingerprint density at radius 1 is 1.12 bits per heavy atom. The second-order valence-corrected chi connectivity index (χ2v) is 8.41. The number of amides is 1. The van der Waals surface area contributed by atoms with Crippen LogP contribution in [0.2, 0.25) is 0 Å². The van der Waals surface area contributed by atoms with Gasteiger partial charge in [0.25, 0.3) is 5.91 Å². The lowest BCUT2D eigenvalue weighted by molar-refractivity contribution is -0.0568. The van der Waals surface area contributed by atoms with Crippen LogP contribution in [-0.4, -0.2) is 71.5 Å². The van der Waals surface area contributed by atoms with Gasteiger partial charge in [-0.2, -0.15) is 0 Å². The van der Waals surface area contributed by atoms with E-state index in [1.165, 1.54) is 25.9 Å². The average Bonchev–Trinajstić information content (AvgIpc) is 3.38. The summed E-state index contributed by atoms with van der Waals surface area (Å²) in [6.45, 7) is 11.0. The zero-order valence-corrected chi connectivity index (χ0v) is 14.9. The Hall–Kier alpha value is -1.39. The van der Waals surface area contributed by atoms with Crippen molar-refractivity contribution in [2.24, 2.45) is 5.92 Å². The number of carbonyl (C=O) groups excluding carboxylic acids is 1. The van der Waals surface area contributed by atoms with E-state index in [1.54, 1.807) is 0 Å². The summed E-state index contributed by atoms with van der Waals surface area (Å²) in [6, 6.07) is 10.2. The summed E-state index contributed by atoms with van der Waals surface area (Å²) in [5.41, 5.74) is 0.867. The molecule has 1 aromatic rings. The molecule has 4 nitrogen and oxygen atoms in total. The first-order chi connectivity index (χ1) is 11.5. The van der Waals surface area contributed by atoms with Gasteiger partial charge in [-0.05, 0) is 44.7 Å². The van der Waals surface area contributed by atoms with Gasteiger partial charge in [0.1, 0.15) is 0 Å². The first-order valence-corrected chi connectivity index (χ1v) is 9.36. The van der Waals surface area contributed by atoms with Gasteiger partial charge in [-0.1, -0.05) is 18.2 Å². The van der Waals surface area contributed by atoms with Crippen molar-refractivity contribution in [3.63, 3.8) is 0 Å². The van der Waals surface area contributed by atoms with Gasteiger partial charge < -0.3 is 9.80 Å². The molecule has 2 aliphatic heterocycles. The molecule has 1 amide bonds. The Labute approximate surface area is 145 Å². The molecule has 1 atom stereocenters. The van der Waals surface area contributed by atoms with Crippen molar-refractivity contribution in [1.29, 1.82) is 0 Å². The largest absolute Gasteiger partial charge is 0.335 e. The van der Waals surface area contributed by atoms with E-state index < -0.39 is 0 Å². The molecule has 2 heterocycles. The highest BCUT2D eigenvalue weighted by molar-refractivity contribution is 5.94. The molecule has 0 spiro atoms. The van der Waals surface area contributed by atoms with E-state index >= 15 is 0 Å². The molecular formula is C20H29N3O. The molecule has 4 rings (SSSR count). The molecule has 0 bridgehead atoms. The van der Waals surface area contributed by atoms with E-state index in [0.29, 0.717) is 6.04 Å². The standard InChI is InChI=1S/C20H29N3O/c1-20(2)15-22(19(24)17-6-4-3-5-7-17)14-18-13-21(10-11-23(18)20)12-16-8-9-16/h3-7,16,18H,8-15H2,1-2H3. The fraction of sp³-hybridized carbons (Fsp3) is 0.650. The number of hydrogen-bond donors (Lipinski definition) is 0. The predicted octanol–water partition coefficient (Wildman–Crippen LogP) is 2.32. The second kappa shape index (κ2) is 6.16. The molecule has 3 aliphatic rings. The van der Waals surface area contributed by atoms with E-state index in [0.717, 1.165) is 37.7 Å². The van der Waals surface area contributed by atoms with Crippen LogP contribution in [0.25, 0.3) is 0 Å². The minimum Gasteiger partial charge on any atom is -0.335 e. The molecule has 0 radical (unpaired) electrons. The lowest BCUT2D eigenvalue weighted by atomic mass is 9.92. The summed E-state index contributed by atoms with van der Waals surface area (Å²) in [4.78, 5) is 20.3. The summed E-state index contributed by atoms with van der Waals surface area (Å²) < 4.78 is 0. The maximum Gasteiger partial charge on any atom is 0.253 e. The summed E-state index contributed by atoms with van der Waals surface area (Å²) in [5, 5.41) is 0. The molecule has 130 valence electrons. The molecule has 3 fully saturated rings. The van der Waals surface area contributed by atoms with Gasteiger partial charge in [0, 0.05) is 56.4 Å². The molecule has 0 aromatic heterocycles. The number of fused-ring (bicyclic) bond motifs is 1.